The largest absolute Gasteiger partial charge is 0.323 e. The van der Waals surface area contributed by atoms with Gasteiger partial charge in [0.25, 0.3) is 0 Å². The molecule has 0 atom stereocenters. The van der Waals surface area contributed by atoms with E-state index in [-0.39, 0.29) is 10.8 Å². The van der Waals surface area contributed by atoms with Crippen molar-refractivity contribution >= 4 is 38.6 Å². The summed E-state index contributed by atoms with van der Waals surface area (Å²) in [4.78, 5) is 19.0. The van der Waals surface area contributed by atoms with Gasteiger partial charge in [-0.05, 0) is 43.5 Å². The van der Waals surface area contributed by atoms with Crippen molar-refractivity contribution in [2.45, 2.75) is 4.90 Å². The average Bonchev–Trinajstić information content (AvgIpc) is 2.78. The van der Waals surface area contributed by atoms with E-state index in [1.807, 2.05) is 37.4 Å². The van der Waals surface area contributed by atoms with Crippen molar-refractivity contribution in [3.8, 4) is 0 Å². The molecule has 7 nitrogen and oxygen atoms in total. The Morgan fingerprint density at radius 3 is 2.45 bits per heavy atom. The van der Waals surface area contributed by atoms with Crippen LogP contribution in [0.4, 0.5) is 5.69 Å². The summed E-state index contributed by atoms with van der Waals surface area (Å²) in [6.45, 7) is 2.38. The number of aromatic nitrogens is 1. The molecule has 2 heterocycles. The maximum Gasteiger partial charge on any atom is 0.248 e. The van der Waals surface area contributed by atoms with Crippen molar-refractivity contribution in [1.82, 2.24) is 14.2 Å². The summed E-state index contributed by atoms with van der Waals surface area (Å²) in [6, 6.07) is 15.9. The van der Waals surface area contributed by atoms with Crippen LogP contribution in [0, 0.1) is 0 Å². The Bertz CT molecular complexity index is 1210. The number of sulfonamides is 1. The lowest BCUT2D eigenvalue weighted by atomic mass is 10.1. The number of nitrogens with zero attached hydrogens (tertiary/aromatic N) is 3. The first-order valence-corrected chi connectivity index (χ1v) is 11.5. The number of rotatable bonds is 5. The number of fused-ring (bicyclic) bond motifs is 1. The number of carbonyl (C=O) groups excluding carboxylic acids is 1. The molecule has 0 spiro atoms. The number of benzene rings is 2. The molecule has 1 saturated heterocycles. The van der Waals surface area contributed by atoms with Crippen LogP contribution in [-0.4, -0.2) is 61.7 Å². The summed E-state index contributed by atoms with van der Waals surface area (Å²) in [5.41, 5.74) is 2.21. The topological polar surface area (TPSA) is 82.6 Å². The van der Waals surface area contributed by atoms with Crippen molar-refractivity contribution in [3.63, 3.8) is 0 Å². The second kappa shape index (κ2) is 8.97. The minimum atomic E-state index is -3.52. The average molecular weight is 437 g/mol. The Morgan fingerprint density at radius 2 is 1.71 bits per heavy atom. The van der Waals surface area contributed by atoms with Crippen molar-refractivity contribution < 1.29 is 13.2 Å². The van der Waals surface area contributed by atoms with E-state index in [1.54, 1.807) is 24.4 Å². The Hall–Kier alpha value is -3.07. The zero-order valence-corrected chi connectivity index (χ0v) is 18.0. The second-order valence-electron chi connectivity index (χ2n) is 7.48. The maximum absolute atomic E-state index is 12.8. The van der Waals surface area contributed by atoms with E-state index in [0.717, 1.165) is 16.5 Å². The molecule has 1 amide bonds. The molecule has 160 valence electrons. The van der Waals surface area contributed by atoms with Crippen LogP contribution in [-0.2, 0) is 14.8 Å². The van der Waals surface area contributed by atoms with Crippen molar-refractivity contribution in [2.75, 3.05) is 38.5 Å². The Morgan fingerprint density at radius 1 is 1.00 bits per heavy atom. The third-order valence-electron chi connectivity index (χ3n) is 5.30. The number of likely N-dealkylation sites (N-methyl/N-ethyl adjacent to an activating group) is 1. The molecule has 0 saturated carbocycles. The van der Waals surface area contributed by atoms with Crippen LogP contribution >= 0.6 is 0 Å². The van der Waals surface area contributed by atoms with Crippen LogP contribution in [0.3, 0.4) is 0 Å². The third kappa shape index (κ3) is 4.82. The van der Waals surface area contributed by atoms with Gasteiger partial charge >= 0.3 is 0 Å². The molecule has 0 aliphatic carbocycles. The molecule has 1 aliphatic heterocycles. The van der Waals surface area contributed by atoms with Gasteiger partial charge in [0.15, 0.2) is 0 Å². The molecule has 1 aliphatic rings. The van der Waals surface area contributed by atoms with E-state index in [9.17, 15) is 13.2 Å². The predicted octanol–water partition coefficient (Wildman–Crippen LogP) is 2.82. The summed E-state index contributed by atoms with van der Waals surface area (Å²) >= 11 is 0. The molecular formula is C23H24N4O3S. The zero-order valence-electron chi connectivity index (χ0n) is 17.2. The van der Waals surface area contributed by atoms with Gasteiger partial charge in [-0.1, -0.05) is 24.3 Å². The molecule has 8 heteroatoms. The quantitative estimate of drug-likeness (QED) is 0.622. The number of hydrogen-bond acceptors (Lipinski definition) is 5. The number of piperazine rings is 1. The van der Waals surface area contributed by atoms with Crippen LogP contribution in [0.2, 0.25) is 0 Å². The minimum Gasteiger partial charge on any atom is -0.323 e. The number of hydrogen-bond donors (Lipinski definition) is 1. The summed E-state index contributed by atoms with van der Waals surface area (Å²) in [7, 11) is -1.55. The lowest BCUT2D eigenvalue weighted by molar-refractivity contribution is -0.111. The van der Waals surface area contributed by atoms with Crippen LogP contribution in [0.1, 0.15) is 5.56 Å². The summed E-state index contributed by atoms with van der Waals surface area (Å²) in [6.07, 6.45) is 4.88. The predicted molar refractivity (Wildman–Crippen MR) is 122 cm³/mol. The molecule has 0 radical (unpaired) electrons. The summed E-state index contributed by atoms with van der Waals surface area (Å²) in [5, 5.41) is 3.77. The standard InChI is InChI=1S/C23H24N4O3S/c1-26-14-16-27(17-15-26)31(29,30)21-10-8-20(9-11-21)25-22(28)12-7-19-5-2-4-18-6-3-13-24-23(18)19/h2-13H,14-17H2,1H3,(H,25,28)/b12-7+. The van der Waals surface area contributed by atoms with Gasteiger partial charge < -0.3 is 10.2 Å². The Labute approximate surface area is 182 Å². The van der Waals surface area contributed by atoms with Crippen LogP contribution in [0.5, 0.6) is 0 Å². The summed E-state index contributed by atoms with van der Waals surface area (Å²) in [5.74, 6) is -0.303. The normalized spacial score (nSPS) is 16.0. The van der Waals surface area contributed by atoms with Crippen LogP contribution in [0.25, 0.3) is 17.0 Å². The van der Waals surface area contributed by atoms with Crippen molar-refractivity contribution in [1.29, 1.82) is 0 Å². The number of pyridine rings is 1. The van der Waals surface area contributed by atoms with Gasteiger partial charge in [0.1, 0.15) is 0 Å². The number of amides is 1. The van der Waals surface area contributed by atoms with E-state index in [0.29, 0.717) is 31.9 Å². The van der Waals surface area contributed by atoms with E-state index in [4.69, 9.17) is 0 Å². The second-order valence-corrected chi connectivity index (χ2v) is 9.41. The molecule has 1 N–H and O–H groups in total. The molecule has 31 heavy (non-hydrogen) atoms. The van der Waals surface area contributed by atoms with E-state index < -0.39 is 10.0 Å². The van der Waals surface area contributed by atoms with E-state index in [2.05, 4.69) is 15.2 Å². The molecule has 4 rings (SSSR count). The van der Waals surface area contributed by atoms with E-state index >= 15 is 0 Å². The number of nitrogens with one attached hydrogen (secondary N) is 1. The molecule has 3 aromatic rings. The first kappa shape index (κ1) is 21.2. The monoisotopic (exact) mass is 436 g/mol. The fourth-order valence-corrected chi connectivity index (χ4v) is 4.92. The highest BCUT2D eigenvalue weighted by molar-refractivity contribution is 7.89. The molecule has 0 bridgehead atoms. The van der Waals surface area contributed by atoms with Crippen molar-refractivity contribution in [3.05, 3.63) is 72.4 Å². The first-order valence-electron chi connectivity index (χ1n) is 10.0. The molecule has 2 aromatic carbocycles. The Kier molecular flexibility index (Phi) is 6.13. The highest BCUT2D eigenvalue weighted by Gasteiger charge is 2.27. The smallest absolute Gasteiger partial charge is 0.248 e. The molecule has 1 aromatic heterocycles. The van der Waals surface area contributed by atoms with Crippen LogP contribution in [0.15, 0.2) is 71.8 Å². The molecular weight excluding hydrogens is 412 g/mol. The zero-order chi connectivity index (χ0) is 21.8. The van der Waals surface area contributed by atoms with Gasteiger partial charge in [0, 0.05) is 55.1 Å². The van der Waals surface area contributed by atoms with Gasteiger partial charge in [0.05, 0.1) is 10.4 Å². The van der Waals surface area contributed by atoms with Gasteiger partial charge in [-0.3, -0.25) is 9.78 Å². The summed E-state index contributed by atoms with van der Waals surface area (Å²) < 4.78 is 27.1. The van der Waals surface area contributed by atoms with Crippen molar-refractivity contribution in [2.24, 2.45) is 0 Å². The van der Waals surface area contributed by atoms with E-state index in [1.165, 1.54) is 22.5 Å². The molecule has 0 unspecified atom stereocenters. The lowest BCUT2D eigenvalue weighted by Gasteiger charge is -2.31. The minimum absolute atomic E-state index is 0.229. The Balaban J connectivity index is 1.43. The first-order chi connectivity index (χ1) is 14.9. The van der Waals surface area contributed by atoms with Gasteiger partial charge in [-0.15, -0.1) is 0 Å². The van der Waals surface area contributed by atoms with Gasteiger partial charge in [0.2, 0.25) is 15.9 Å². The fraction of sp³-hybridized carbons (Fsp3) is 0.217. The number of anilines is 1. The highest BCUT2D eigenvalue weighted by atomic mass is 32.2. The lowest BCUT2D eigenvalue weighted by Crippen LogP contribution is -2.46. The van der Waals surface area contributed by atoms with Crippen LogP contribution < -0.4 is 5.32 Å². The molecule has 1 fully saturated rings. The SMILES string of the molecule is CN1CCN(S(=O)(=O)c2ccc(NC(=O)/C=C/c3cccc4cccnc34)cc2)CC1. The highest BCUT2D eigenvalue weighted by Crippen LogP contribution is 2.20. The fourth-order valence-electron chi connectivity index (χ4n) is 3.50. The third-order valence-corrected chi connectivity index (χ3v) is 7.21. The number of carbonyl (C=O) groups is 1. The van der Waals surface area contributed by atoms with Gasteiger partial charge in [-0.25, -0.2) is 8.42 Å². The maximum atomic E-state index is 12.8. The number of para-hydroxylation sites is 1. The van der Waals surface area contributed by atoms with Gasteiger partial charge in [-0.2, -0.15) is 4.31 Å².